The summed E-state index contributed by atoms with van der Waals surface area (Å²) in [7, 11) is 4.03. The molecule has 0 spiro atoms. The molecule has 3 aliphatic carbocycles. The van der Waals surface area contributed by atoms with Crippen molar-refractivity contribution in [1.82, 2.24) is 34.4 Å². The molecule has 2 atom stereocenters. The maximum absolute atomic E-state index is 13.3. The lowest BCUT2D eigenvalue weighted by atomic mass is 9.82. The number of nitrogens with zero attached hydrogens (tertiary/aromatic N) is 7. The van der Waals surface area contributed by atoms with Crippen LogP contribution >= 0.6 is 45.9 Å². The van der Waals surface area contributed by atoms with Gasteiger partial charge in [-0.25, -0.2) is 19.6 Å². The van der Waals surface area contributed by atoms with Crippen molar-refractivity contribution in [2.24, 2.45) is 14.1 Å². The van der Waals surface area contributed by atoms with Crippen molar-refractivity contribution in [3.05, 3.63) is 141 Å². The van der Waals surface area contributed by atoms with E-state index < -0.39 is 18.2 Å². The van der Waals surface area contributed by atoms with E-state index in [1.807, 2.05) is 98.8 Å². The van der Waals surface area contributed by atoms with Crippen molar-refractivity contribution in [2.75, 3.05) is 19.7 Å². The third-order valence-corrected chi connectivity index (χ3v) is 19.6. The smallest absolute Gasteiger partial charge is 0.339 e. The van der Waals surface area contributed by atoms with Gasteiger partial charge in [-0.3, -0.25) is 14.3 Å². The molecule has 426 valence electrons. The second-order valence-electron chi connectivity index (χ2n) is 23.1. The number of aromatic nitrogens is 6. The van der Waals surface area contributed by atoms with Crippen LogP contribution in [-0.4, -0.2) is 89.4 Å². The number of esters is 1. The lowest BCUT2D eigenvalue weighted by Crippen LogP contribution is -2.48. The monoisotopic (exact) mass is 1190 g/mol. The van der Waals surface area contributed by atoms with E-state index in [9.17, 15) is 14.7 Å². The number of aryl methyl sites for hydroxylation is 4. The number of halogens is 2. The lowest BCUT2D eigenvalue weighted by Gasteiger charge is -2.41. The van der Waals surface area contributed by atoms with Crippen LogP contribution in [0.4, 0.5) is 0 Å². The summed E-state index contributed by atoms with van der Waals surface area (Å²) in [4.78, 5) is 38.6. The van der Waals surface area contributed by atoms with Crippen molar-refractivity contribution in [1.29, 1.82) is 0 Å². The number of aliphatic carboxylic acids is 1. The molecule has 14 rings (SSSR count). The highest BCUT2D eigenvalue weighted by molar-refractivity contribution is 7.22. The summed E-state index contributed by atoms with van der Waals surface area (Å²) in [5, 5.41) is 25.6. The predicted molar refractivity (Wildman–Crippen MR) is 333 cm³/mol. The summed E-state index contributed by atoms with van der Waals surface area (Å²) in [6.45, 7) is 12.6. The highest BCUT2D eigenvalue weighted by atomic mass is 35.5. The van der Waals surface area contributed by atoms with Gasteiger partial charge in [0.1, 0.15) is 10.0 Å². The van der Waals surface area contributed by atoms with Crippen LogP contribution in [0.5, 0.6) is 0 Å². The Labute approximate surface area is 500 Å². The Hall–Kier alpha value is -6.56. The zero-order valence-corrected chi connectivity index (χ0v) is 50.7. The predicted octanol–water partition coefficient (Wildman–Crippen LogP) is 16.1. The van der Waals surface area contributed by atoms with E-state index in [-0.39, 0.29) is 18.2 Å². The van der Waals surface area contributed by atoms with Gasteiger partial charge in [0, 0.05) is 99.3 Å². The second kappa shape index (κ2) is 22.5. The molecule has 0 radical (unpaired) electrons. The van der Waals surface area contributed by atoms with Gasteiger partial charge in [-0.15, -0.1) is 22.7 Å². The number of ether oxygens (including phenoxy) is 3. The Bertz CT molecular complexity index is 4150. The number of carbonyl (C=O) groups excluding carboxylic acids is 1. The third-order valence-electron chi connectivity index (χ3n) is 16.8. The number of fused-ring (bicyclic) bond motifs is 4. The number of carboxylic acid groups (broad SMARTS) is 1. The minimum Gasteiger partial charge on any atom is -0.479 e. The van der Waals surface area contributed by atoms with Gasteiger partial charge in [0.25, 0.3) is 0 Å². The molecule has 13 nitrogen and oxygen atoms in total. The molecule has 1 saturated heterocycles. The average molecular weight is 1190 g/mol. The molecule has 0 unspecified atom stereocenters. The largest absolute Gasteiger partial charge is 0.479 e. The van der Waals surface area contributed by atoms with Crippen molar-refractivity contribution in [3.8, 4) is 43.4 Å². The van der Waals surface area contributed by atoms with E-state index in [0.29, 0.717) is 40.1 Å². The van der Waals surface area contributed by atoms with Crippen LogP contribution in [0.15, 0.2) is 97.1 Å². The van der Waals surface area contributed by atoms with E-state index in [1.54, 1.807) is 22.7 Å². The number of carbonyl (C=O) groups is 2. The first kappa shape index (κ1) is 55.6. The molecule has 3 saturated carbocycles. The van der Waals surface area contributed by atoms with Crippen molar-refractivity contribution < 1.29 is 28.9 Å². The quantitative estimate of drug-likeness (QED) is 0.0922. The SMILES string of the molecule is CCOC(=O)[C@@H](OC1CC1)c1c(C)cc2nc(-c3ccc4c(c3)c(C3CCC3)nn4C)sc2c1-c1ccc(Cl)cc1.Cc1cc2nc(-c3ccc4c(c3)c(C3CN(C(C)C)C3)nn4C)sc2c(-c2ccc(Cl)cc2)c1[C@H](OC1CC1)C(=O)O. The molecule has 83 heavy (non-hydrogen) atoms. The van der Waals surface area contributed by atoms with Gasteiger partial charge in [0.05, 0.1) is 61.7 Å². The Morgan fingerprint density at radius 2 is 1.07 bits per heavy atom. The first-order valence-corrected chi connectivity index (χ1v) is 31.3. The summed E-state index contributed by atoms with van der Waals surface area (Å²) < 4.78 is 23.9. The topological polar surface area (TPSA) is 147 Å². The molecule has 4 aliphatic rings. The highest BCUT2D eigenvalue weighted by Gasteiger charge is 2.38. The standard InChI is InChI=1S/C33H33ClN4O3S.C33H32ClN3O3S/c1-17(2)38-15-21(16-38)29-24-14-20(7-12-26(24)37(4)36-29)32-35-25-13-18(3)27(30(33(39)40)41-23-10-11-23)28(31(25)42-32)19-5-8-22(34)9-6-19;1-4-39-33(38)30(40-23-13-14-23)27-18(2)16-25-31(28(27)19-8-11-22(34)12-9-19)41-32(35-25)21-10-15-26-24(17-21)29(36-37(26)3)20-6-5-7-20/h5-9,12-14,17,21,23,30H,10-11,15-16H2,1-4H3,(H,39,40);8-12,15-17,20,23,30H,4-7,13-14H2,1-3H3/t2*30-/m00/s1. The van der Waals surface area contributed by atoms with Gasteiger partial charge >= 0.3 is 11.9 Å². The number of benzene rings is 6. The Balaban J connectivity index is 0.000000155. The van der Waals surface area contributed by atoms with E-state index >= 15 is 0 Å². The van der Waals surface area contributed by atoms with Crippen LogP contribution in [0.25, 0.3) is 85.6 Å². The Morgan fingerprint density at radius 1 is 0.627 bits per heavy atom. The molecule has 4 fully saturated rings. The molecular weight excluding hydrogens is 1120 g/mol. The first-order chi connectivity index (χ1) is 40.1. The van der Waals surface area contributed by atoms with E-state index in [0.717, 1.165) is 136 Å². The zero-order valence-electron chi connectivity index (χ0n) is 47.5. The van der Waals surface area contributed by atoms with Gasteiger partial charge < -0.3 is 19.3 Å². The summed E-state index contributed by atoms with van der Waals surface area (Å²) in [6, 6.07) is 33.0. The normalized spacial score (nSPS) is 16.6. The molecule has 1 N–H and O–H groups in total. The van der Waals surface area contributed by atoms with Gasteiger partial charge in [-0.2, -0.15) is 10.2 Å². The number of hydrogen-bond donors (Lipinski definition) is 1. The van der Waals surface area contributed by atoms with Crippen LogP contribution in [0.2, 0.25) is 10.0 Å². The van der Waals surface area contributed by atoms with Gasteiger partial charge in [-0.05, 0) is 168 Å². The van der Waals surface area contributed by atoms with E-state index in [1.165, 1.54) is 35.7 Å². The number of likely N-dealkylation sites (tertiary alicyclic amines) is 1. The Morgan fingerprint density at radius 3 is 1.49 bits per heavy atom. The minimum absolute atomic E-state index is 0.0139. The maximum atomic E-state index is 13.3. The number of rotatable bonds is 16. The average Bonchev–Trinajstić information content (AvgIpc) is 2.80. The number of thiazole rings is 2. The molecule has 5 heterocycles. The molecule has 10 aromatic rings. The fourth-order valence-corrected chi connectivity index (χ4v) is 14.4. The molecule has 0 amide bonds. The molecule has 17 heteroatoms. The van der Waals surface area contributed by atoms with Crippen molar-refractivity contribution in [3.63, 3.8) is 0 Å². The fourth-order valence-electron chi connectivity index (χ4n) is 11.9. The third kappa shape index (κ3) is 10.8. The molecule has 0 bridgehead atoms. The molecule has 1 aliphatic heterocycles. The molecule has 6 aromatic carbocycles. The first-order valence-electron chi connectivity index (χ1n) is 28.9. The highest BCUT2D eigenvalue weighted by Crippen LogP contribution is 2.49. The zero-order chi connectivity index (χ0) is 57.5. The van der Waals surface area contributed by atoms with Crippen LogP contribution in [0.1, 0.15) is 123 Å². The van der Waals surface area contributed by atoms with Crippen LogP contribution in [0.3, 0.4) is 0 Å². The van der Waals surface area contributed by atoms with Gasteiger partial charge in [0.2, 0.25) is 0 Å². The fraction of sp³-hybridized carbons (Fsp3) is 0.364. The van der Waals surface area contributed by atoms with Crippen LogP contribution in [0, 0.1) is 13.8 Å². The van der Waals surface area contributed by atoms with E-state index in [2.05, 4.69) is 61.2 Å². The number of carboxylic acids is 1. The van der Waals surface area contributed by atoms with E-state index in [4.69, 9.17) is 57.6 Å². The van der Waals surface area contributed by atoms with Crippen molar-refractivity contribution in [2.45, 2.75) is 122 Å². The molecule has 4 aromatic heterocycles. The second-order valence-corrected chi connectivity index (χ2v) is 26.0. The van der Waals surface area contributed by atoms with Gasteiger partial charge in [0.15, 0.2) is 12.2 Å². The summed E-state index contributed by atoms with van der Waals surface area (Å²) in [5.74, 6) is -0.376. The maximum Gasteiger partial charge on any atom is 0.339 e. The minimum atomic E-state index is -1.06. The van der Waals surface area contributed by atoms with Crippen LogP contribution in [-0.2, 0) is 37.9 Å². The summed E-state index contributed by atoms with van der Waals surface area (Å²) >= 11 is 15.8. The van der Waals surface area contributed by atoms with Gasteiger partial charge in [-0.1, -0.05) is 53.9 Å². The van der Waals surface area contributed by atoms with Crippen molar-refractivity contribution >= 4 is 100 Å². The summed E-state index contributed by atoms with van der Waals surface area (Å²) in [6.07, 6.45) is 5.57. The summed E-state index contributed by atoms with van der Waals surface area (Å²) in [5.41, 5.74) is 15.4. The Kier molecular flexibility index (Phi) is 15.0. The number of hydrogen-bond acceptors (Lipinski definition) is 12. The lowest BCUT2D eigenvalue weighted by molar-refractivity contribution is -0.158. The molecular formula is C66H65Cl2N7O6S2. The van der Waals surface area contributed by atoms with Crippen LogP contribution < -0.4 is 0 Å².